The smallest absolute Gasteiger partial charge is 0.261 e. The monoisotopic (exact) mass is 354 g/mol. The number of nitrogens with zero attached hydrogens (tertiary/aromatic N) is 2. The summed E-state index contributed by atoms with van der Waals surface area (Å²) in [6.07, 6.45) is 0. The van der Waals surface area contributed by atoms with Crippen LogP contribution in [0.2, 0.25) is 0 Å². The maximum Gasteiger partial charge on any atom is 0.261 e. The van der Waals surface area contributed by atoms with Crippen LogP contribution in [0, 0.1) is 11.6 Å². The summed E-state index contributed by atoms with van der Waals surface area (Å²) in [4.78, 5) is 4.19. The van der Waals surface area contributed by atoms with Gasteiger partial charge in [0, 0.05) is 17.7 Å². The van der Waals surface area contributed by atoms with E-state index in [1.807, 2.05) is 0 Å². The number of halogens is 2. The molecular formula is C19H12F2N2O3. The highest BCUT2D eigenvalue weighted by Crippen LogP contribution is 2.31. The van der Waals surface area contributed by atoms with Gasteiger partial charge in [-0.25, -0.2) is 8.78 Å². The number of ether oxygens (including phenoxy) is 2. The second-order valence-corrected chi connectivity index (χ2v) is 5.44. The van der Waals surface area contributed by atoms with E-state index >= 15 is 0 Å². The Balaban J connectivity index is 1.66. The Morgan fingerprint density at radius 1 is 0.962 bits per heavy atom. The number of fused-ring (bicyclic) bond motifs is 1. The average Bonchev–Trinajstić information content (AvgIpc) is 3.07. The lowest BCUT2D eigenvalue weighted by Gasteiger charge is -2.07. The number of aromatic nitrogens is 2. The molecule has 0 fully saturated rings. The van der Waals surface area contributed by atoms with Gasteiger partial charge in [-0.2, -0.15) is 4.98 Å². The third kappa shape index (κ3) is 2.95. The number of hydrogen-bond donors (Lipinski definition) is 0. The van der Waals surface area contributed by atoms with E-state index in [9.17, 15) is 8.78 Å². The lowest BCUT2D eigenvalue weighted by molar-refractivity contribution is 0.397. The minimum absolute atomic E-state index is 0.0101. The molecule has 0 atom stereocenters. The molecular weight excluding hydrogens is 342 g/mol. The maximum absolute atomic E-state index is 14.0. The van der Waals surface area contributed by atoms with Crippen molar-refractivity contribution >= 4 is 11.1 Å². The minimum Gasteiger partial charge on any atom is -0.497 e. The van der Waals surface area contributed by atoms with Gasteiger partial charge in [0.05, 0.1) is 12.5 Å². The molecule has 0 saturated carbocycles. The van der Waals surface area contributed by atoms with Crippen molar-refractivity contribution in [2.75, 3.05) is 7.11 Å². The number of benzene rings is 2. The number of methoxy groups -OCH3 is 1. The highest BCUT2D eigenvalue weighted by molar-refractivity contribution is 5.89. The topological polar surface area (TPSA) is 57.4 Å². The molecule has 0 N–H and O–H groups in total. The zero-order valence-corrected chi connectivity index (χ0v) is 13.6. The first-order chi connectivity index (χ1) is 12.6. The first-order valence-corrected chi connectivity index (χ1v) is 7.68. The van der Waals surface area contributed by atoms with Gasteiger partial charge < -0.3 is 14.0 Å². The summed E-state index contributed by atoms with van der Waals surface area (Å²) in [6.45, 7) is 0. The molecule has 0 aliphatic rings. The molecule has 2 aromatic carbocycles. The molecule has 26 heavy (non-hydrogen) atoms. The molecule has 0 amide bonds. The van der Waals surface area contributed by atoms with Crippen LogP contribution in [0.15, 0.2) is 59.1 Å². The lowest BCUT2D eigenvalue weighted by atomic mass is 10.1. The fourth-order valence-corrected chi connectivity index (χ4v) is 2.49. The van der Waals surface area contributed by atoms with Gasteiger partial charge in [0.2, 0.25) is 5.88 Å². The van der Waals surface area contributed by atoms with Crippen LogP contribution >= 0.6 is 0 Å². The second kappa shape index (κ2) is 6.44. The largest absolute Gasteiger partial charge is 0.497 e. The van der Waals surface area contributed by atoms with Crippen molar-refractivity contribution < 1.29 is 22.8 Å². The van der Waals surface area contributed by atoms with E-state index < -0.39 is 5.82 Å². The molecule has 7 heteroatoms. The SMILES string of the molecule is COc1ccc(Oc2ccc3c(-c4ccc(F)cc4)noc3n2)c(F)c1. The molecule has 0 aliphatic carbocycles. The van der Waals surface area contributed by atoms with Crippen LogP contribution in [0.5, 0.6) is 17.4 Å². The molecule has 0 radical (unpaired) electrons. The van der Waals surface area contributed by atoms with E-state index in [0.29, 0.717) is 22.4 Å². The average molecular weight is 354 g/mol. The van der Waals surface area contributed by atoms with Gasteiger partial charge >= 0.3 is 0 Å². The van der Waals surface area contributed by atoms with E-state index in [1.54, 1.807) is 30.3 Å². The summed E-state index contributed by atoms with van der Waals surface area (Å²) in [5.41, 5.74) is 1.47. The van der Waals surface area contributed by atoms with E-state index in [1.165, 1.54) is 31.4 Å². The molecule has 5 nitrogen and oxygen atoms in total. The summed E-state index contributed by atoms with van der Waals surface area (Å²) in [6, 6.07) is 13.4. The standard InChI is InChI=1S/C19H12F2N2O3/c1-24-13-6-8-16(15(21)10-13)25-17-9-7-14-18(23-26-19(14)22-17)11-2-4-12(20)5-3-11/h2-10H,1H3. The van der Waals surface area contributed by atoms with E-state index in [4.69, 9.17) is 14.0 Å². The molecule has 0 unspecified atom stereocenters. The summed E-state index contributed by atoms with van der Waals surface area (Å²) < 4.78 is 42.7. The fourth-order valence-electron chi connectivity index (χ4n) is 2.49. The Morgan fingerprint density at radius 3 is 2.50 bits per heavy atom. The summed E-state index contributed by atoms with van der Waals surface area (Å²) >= 11 is 0. The number of pyridine rings is 1. The first-order valence-electron chi connectivity index (χ1n) is 7.68. The Labute approximate surface area is 146 Å². The van der Waals surface area contributed by atoms with Crippen LogP contribution in [0.3, 0.4) is 0 Å². The highest BCUT2D eigenvalue weighted by atomic mass is 19.1. The van der Waals surface area contributed by atoms with Crippen molar-refractivity contribution in [2.45, 2.75) is 0 Å². The van der Waals surface area contributed by atoms with Gasteiger partial charge in [-0.15, -0.1) is 0 Å². The zero-order chi connectivity index (χ0) is 18.1. The maximum atomic E-state index is 14.0. The minimum atomic E-state index is -0.573. The van der Waals surface area contributed by atoms with Gasteiger partial charge in [-0.3, -0.25) is 0 Å². The molecule has 4 aromatic rings. The second-order valence-electron chi connectivity index (χ2n) is 5.44. The summed E-state index contributed by atoms with van der Waals surface area (Å²) in [7, 11) is 1.45. The van der Waals surface area contributed by atoms with E-state index in [-0.39, 0.29) is 23.2 Å². The predicted molar refractivity (Wildman–Crippen MR) is 90.2 cm³/mol. The molecule has 0 saturated heterocycles. The van der Waals surface area contributed by atoms with Crippen molar-refractivity contribution in [3.8, 4) is 28.6 Å². The highest BCUT2D eigenvalue weighted by Gasteiger charge is 2.14. The molecule has 2 aromatic heterocycles. The normalized spacial score (nSPS) is 10.9. The fraction of sp³-hybridized carbons (Fsp3) is 0.0526. The predicted octanol–water partition coefficient (Wildman–Crippen LogP) is 4.97. The third-order valence-electron chi connectivity index (χ3n) is 3.78. The quantitative estimate of drug-likeness (QED) is 0.518. The van der Waals surface area contributed by atoms with Crippen molar-refractivity contribution in [1.82, 2.24) is 10.1 Å². The van der Waals surface area contributed by atoms with Crippen LogP contribution in [0.4, 0.5) is 8.78 Å². The Bertz CT molecular complexity index is 1080. The van der Waals surface area contributed by atoms with E-state index in [0.717, 1.165) is 0 Å². The summed E-state index contributed by atoms with van der Waals surface area (Å²) in [5.74, 6) is -0.357. The van der Waals surface area contributed by atoms with E-state index in [2.05, 4.69) is 10.1 Å². The van der Waals surface area contributed by atoms with Gasteiger partial charge in [0.25, 0.3) is 5.71 Å². The van der Waals surface area contributed by atoms with Gasteiger partial charge in [-0.05, 0) is 42.5 Å². The first kappa shape index (κ1) is 16.0. The Hall–Kier alpha value is -3.48. The third-order valence-corrected chi connectivity index (χ3v) is 3.78. The van der Waals surface area contributed by atoms with Gasteiger partial charge in [-0.1, -0.05) is 5.16 Å². The van der Waals surface area contributed by atoms with Crippen LogP contribution < -0.4 is 9.47 Å². The zero-order valence-electron chi connectivity index (χ0n) is 13.6. The van der Waals surface area contributed by atoms with Gasteiger partial charge in [0.1, 0.15) is 17.3 Å². The van der Waals surface area contributed by atoms with Gasteiger partial charge in [0.15, 0.2) is 11.6 Å². The molecule has 0 spiro atoms. The van der Waals surface area contributed by atoms with Crippen molar-refractivity contribution in [3.05, 3.63) is 66.2 Å². The lowest BCUT2D eigenvalue weighted by Crippen LogP contribution is -1.92. The van der Waals surface area contributed by atoms with Crippen molar-refractivity contribution in [3.63, 3.8) is 0 Å². The molecule has 130 valence electrons. The Kier molecular flexibility index (Phi) is 3.96. The molecule has 4 rings (SSSR count). The molecule has 0 bridgehead atoms. The van der Waals surface area contributed by atoms with Crippen molar-refractivity contribution in [1.29, 1.82) is 0 Å². The van der Waals surface area contributed by atoms with Crippen LogP contribution in [-0.4, -0.2) is 17.3 Å². The number of hydrogen-bond acceptors (Lipinski definition) is 5. The van der Waals surface area contributed by atoms with Crippen LogP contribution in [-0.2, 0) is 0 Å². The molecule has 2 heterocycles. The Morgan fingerprint density at radius 2 is 1.77 bits per heavy atom. The number of rotatable bonds is 4. The van der Waals surface area contributed by atoms with Crippen LogP contribution in [0.1, 0.15) is 0 Å². The van der Waals surface area contributed by atoms with Crippen LogP contribution in [0.25, 0.3) is 22.4 Å². The summed E-state index contributed by atoms with van der Waals surface area (Å²) in [5, 5.41) is 4.62. The molecule has 0 aliphatic heterocycles. The van der Waals surface area contributed by atoms with Crippen molar-refractivity contribution in [2.24, 2.45) is 0 Å².